The van der Waals surface area contributed by atoms with Gasteiger partial charge in [0.15, 0.2) is 0 Å². The Morgan fingerprint density at radius 1 is 1.37 bits per heavy atom. The first-order valence-electron chi connectivity index (χ1n) is 6.48. The number of ether oxygens (including phenoxy) is 1. The first-order chi connectivity index (χ1) is 8.90. The zero-order valence-corrected chi connectivity index (χ0v) is 13.2. The first-order valence-corrected chi connectivity index (χ1v) is 7.28. The van der Waals surface area contributed by atoms with Gasteiger partial charge in [0.1, 0.15) is 4.60 Å². The van der Waals surface area contributed by atoms with E-state index in [4.69, 9.17) is 4.74 Å². The van der Waals surface area contributed by atoms with Crippen molar-refractivity contribution in [3.8, 4) is 0 Å². The van der Waals surface area contributed by atoms with Gasteiger partial charge in [-0.15, -0.1) is 0 Å². The van der Waals surface area contributed by atoms with Crippen molar-refractivity contribution in [2.45, 2.75) is 39.9 Å². The minimum absolute atomic E-state index is 0.00729. The van der Waals surface area contributed by atoms with Gasteiger partial charge in [0.25, 0.3) is 0 Å². The first kappa shape index (κ1) is 14.5. The monoisotopic (exact) mass is 326 g/mol. The van der Waals surface area contributed by atoms with Crippen LogP contribution in [0.25, 0.3) is 0 Å². The Bertz CT molecular complexity index is 492. The van der Waals surface area contributed by atoms with E-state index >= 15 is 0 Å². The van der Waals surface area contributed by atoms with Crippen molar-refractivity contribution in [1.29, 1.82) is 0 Å². The summed E-state index contributed by atoms with van der Waals surface area (Å²) in [5.41, 5.74) is 1.72. The zero-order chi connectivity index (χ0) is 14.2. The molecule has 1 amide bonds. The van der Waals surface area contributed by atoms with Gasteiger partial charge in [-0.25, -0.2) is 4.98 Å². The number of carbonyl (C=O) groups excluding carboxylic acids is 1. The topological polar surface area (TPSA) is 51.2 Å². The van der Waals surface area contributed by atoms with E-state index in [1.807, 2.05) is 26.8 Å². The highest BCUT2D eigenvalue weighted by Crippen LogP contribution is 2.33. The summed E-state index contributed by atoms with van der Waals surface area (Å²) in [5.74, 6) is 0.117. The van der Waals surface area contributed by atoms with Crippen LogP contribution in [0, 0.1) is 18.8 Å². The smallest absolute Gasteiger partial charge is 0.230 e. The number of nitrogens with one attached hydrogen (secondary N) is 1. The van der Waals surface area contributed by atoms with Gasteiger partial charge in [0.2, 0.25) is 5.91 Å². The van der Waals surface area contributed by atoms with Crippen LogP contribution >= 0.6 is 15.9 Å². The molecule has 1 N–H and O–H groups in total. The van der Waals surface area contributed by atoms with Gasteiger partial charge in [-0.3, -0.25) is 4.79 Å². The molecule has 104 valence electrons. The van der Waals surface area contributed by atoms with E-state index < -0.39 is 0 Å². The van der Waals surface area contributed by atoms with Gasteiger partial charge >= 0.3 is 0 Å². The number of carbonyl (C=O) groups is 1. The molecule has 4 atom stereocenters. The lowest BCUT2D eigenvalue weighted by atomic mass is 9.89. The quantitative estimate of drug-likeness (QED) is 0.849. The number of pyridine rings is 1. The standard InChI is InChI=1S/C14H19BrN2O2/c1-7-5-11(6-16-13(7)15)17-14(18)12-8(2)9(3)19-10(12)4/h5-6,8-10,12H,1-4H3,(H,17,18). The lowest BCUT2D eigenvalue weighted by molar-refractivity contribution is -0.121. The molecule has 2 heterocycles. The predicted octanol–water partition coefficient (Wildman–Crippen LogP) is 3.15. The van der Waals surface area contributed by atoms with Crippen LogP contribution in [0.15, 0.2) is 16.9 Å². The molecular weight excluding hydrogens is 308 g/mol. The molecule has 0 aromatic carbocycles. The summed E-state index contributed by atoms with van der Waals surface area (Å²) in [4.78, 5) is 16.5. The van der Waals surface area contributed by atoms with E-state index in [0.717, 1.165) is 15.9 Å². The molecular formula is C14H19BrN2O2. The van der Waals surface area contributed by atoms with Gasteiger partial charge in [-0.1, -0.05) is 6.92 Å². The summed E-state index contributed by atoms with van der Waals surface area (Å²) < 4.78 is 6.50. The molecule has 1 aliphatic heterocycles. The van der Waals surface area contributed by atoms with Gasteiger partial charge in [-0.2, -0.15) is 0 Å². The third-order valence-electron chi connectivity index (χ3n) is 3.83. The van der Waals surface area contributed by atoms with Crippen LogP contribution < -0.4 is 5.32 Å². The molecule has 1 fully saturated rings. The molecule has 19 heavy (non-hydrogen) atoms. The molecule has 1 aliphatic rings. The van der Waals surface area contributed by atoms with Gasteiger partial charge in [-0.05, 0) is 54.2 Å². The zero-order valence-electron chi connectivity index (χ0n) is 11.6. The van der Waals surface area contributed by atoms with E-state index in [1.54, 1.807) is 6.20 Å². The van der Waals surface area contributed by atoms with Crippen LogP contribution in [0.2, 0.25) is 0 Å². The fourth-order valence-corrected chi connectivity index (χ4v) is 2.79. The lowest BCUT2D eigenvalue weighted by Gasteiger charge is -2.18. The van der Waals surface area contributed by atoms with Crippen LogP contribution in [-0.4, -0.2) is 23.1 Å². The van der Waals surface area contributed by atoms with E-state index in [1.165, 1.54) is 0 Å². The number of rotatable bonds is 2. The number of aromatic nitrogens is 1. The summed E-state index contributed by atoms with van der Waals surface area (Å²) in [7, 11) is 0. The van der Waals surface area contributed by atoms with Crippen molar-refractivity contribution in [2.24, 2.45) is 11.8 Å². The molecule has 1 aromatic heterocycles. The molecule has 0 saturated carbocycles. The summed E-state index contributed by atoms with van der Waals surface area (Å²) in [6.07, 6.45) is 1.73. The van der Waals surface area contributed by atoms with Crippen molar-refractivity contribution in [2.75, 3.05) is 5.32 Å². The molecule has 5 heteroatoms. The number of hydrogen-bond donors (Lipinski definition) is 1. The Morgan fingerprint density at radius 2 is 2.05 bits per heavy atom. The molecule has 1 aromatic rings. The molecule has 4 nitrogen and oxygen atoms in total. The van der Waals surface area contributed by atoms with Crippen molar-refractivity contribution in [3.05, 3.63) is 22.4 Å². The molecule has 4 unspecified atom stereocenters. The minimum Gasteiger partial charge on any atom is -0.374 e. The third-order valence-corrected chi connectivity index (χ3v) is 4.66. The molecule has 0 spiro atoms. The van der Waals surface area contributed by atoms with E-state index in [9.17, 15) is 4.79 Å². The number of aryl methyl sites for hydroxylation is 1. The van der Waals surface area contributed by atoms with Gasteiger partial charge in [0, 0.05) is 0 Å². The largest absolute Gasteiger partial charge is 0.374 e. The highest BCUT2D eigenvalue weighted by atomic mass is 79.9. The SMILES string of the molecule is Cc1cc(NC(=O)C2C(C)OC(C)C2C)cnc1Br. The van der Waals surface area contributed by atoms with Gasteiger partial charge in [0.05, 0.1) is 30.0 Å². The Labute approximate surface area is 122 Å². The summed E-state index contributed by atoms with van der Waals surface area (Å²) in [6, 6.07) is 1.91. The lowest BCUT2D eigenvalue weighted by Crippen LogP contribution is -2.32. The second kappa shape index (κ2) is 5.59. The van der Waals surface area contributed by atoms with E-state index in [2.05, 4.69) is 33.2 Å². The van der Waals surface area contributed by atoms with Crippen LogP contribution in [0.3, 0.4) is 0 Å². The highest BCUT2D eigenvalue weighted by molar-refractivity contribution is 9.10. The number of halogens is 1. The molecule has 0 radical (unpaired) electrons. The molecule has 1 saturated heterocycles. The average Bonchev–Trinajstić information content (AvgIpc) is 2.58. The Morgan fingerprint density at radius 3 is 2.58 bits per heavy atom. The van der Waals surface area contributed by atoms with Crippen LogP contribution in [-0.2, 0) is 9.53 Å². The third kappa shape index (κ3) is 2.98. The van der Waals surface area contributed by atoms with Crippen LogP contribution in [0.1, 0.15) is 26.3 Å². The maximum Gasteiger partial charge on any atom is 0.230 e. The van der Waals surface area contributed by atoms with Crippen molar-refractivity contribution < 1.29 is 9.53 Å². The van der Waals surface area contributed by atoms with Crippen LogP contribution in [0.4, 0.5) is 5.69 Å². The molecule has 0 aliphatic carbocycles. The fraction of sp³-hybridized carbons (Fsp3) is 0.571. The molecule has 0 bridgehead atoms. The number of amides is 1. The van der Waals surface area contributed by atoms with Gasteiger partial charge < -0.3 is 10.1 Å². The second-order valence-corrected chi connectivity index (χ2v) is 6.00. The summed E-state index contributed by atoms with van der Waals surface area (Å²) in [5, 5.41) is 2.93. The normalized spacial score (nSPS) is 30.4. The fourth-order valence-electron chi connectivity index (χ4n) is 2.57. The van der Waals surface area contributed by atoms with E-state index in [-0.39, 0.29) is 30.0 Å². The summed E-state index contributed by atoms with van der Waals surface area (Å²) in [6.45, 7) is 7.97. The Kier molecular flexibility index (Phi) is 4.26. The van der Waals surface area contributed by atoms with Crippen molar-refractivity contribution in [1.82, 2.24) is 4.98 Å². The van der Waals surface area contributed by atoms with Crippen LogP contribution in [0.5, 0.6) is 0 Å². The summed E-state index contributed by atoms with van der Waals surface area (Å²) >= 11 is 3.35. The Balaban J connectivity index is 2.10. The van der Waals surface area contributed by atoms with Crippen molar-refractivity contribution in [3.63, 3.8) is 0 Å². The number of nitrogens with zero attached hydrogens (tertiary/aromatic N) is 1. The number of hydrogen-bond acceptors (Lipinski definition) is 3. The maximum absolute atomic E-state index is 12.3. The average molecular weight is 327 g/mol. The Hall–Kier alpha value is -0.940. The number of anilines is 1. The second-order valence-electron chi connectivity index (χ2n) is 5.25. The molecule has 2 rings (SSSR count). The van der Waals surface area contributed by atoms with Crippen molar-refractivity contribution >= 4 is 27.5 Å². The minimum atomic E-state index is -0.112. The maximum atomic E-state index is 12.3. The highest BCUT2D eigenvalue weighted by Gasteiger charge is 2.41. The predicted molar refractivity (Wildman–Crippen MR) is 78.0 cm³/mol. The van der Waals surface area contributed by atoms with E-state index in [0.29, 0.717) is 0 Å².